The smallest absolute Gasteiger partial charge is 0.234 e. The number of methoxy groups -OCH3 is 1. The molecule has 0 unspecified atom stereocenters. The molecule has 0 aromatic heterocycles. The summed E-state index contributed by atoms with van der Waals surface area (Å²) in [7, 11) is 1.51. The number of nitrogens with zero attached hydrogens (tertiary/aromatic N) is 2. The molecule has 4 atom stereocenters. The molecule has 46 heavy (non-hydrogen) atoms. The first-order valence-corrected chi connectivity index (χ1v) is 17.3. The molecule has 9 nitrogen and oxygen atoms in total. The minimum Gasteiger partial charge on any atom is -0.504 e. The van der Waals surface area contributed by atoms with Gasteiger partial charge in [-0.1, -0.05) is 48.9 Å². The van der Waals surface area contributed by atoms with Gasteiger partial charge in [0.1, 0.15) is 0 Å². The lowest BCUT2D eigenvalue weighted by Crippen LogP contribution is -2.47. The van der Waals surface area contributed by atoms with Crippen LogP contribution in [0, 0.1) is 21.3 Å². The Kier molecular flexibility index (Phi) is 11.6. The monoisotopic (exact) mass is 744 g/mol. The van der Waals surface area contributed by atoms with Crippen LogP contribution in [-0.4, -0.2) is 87.6 Å². The van der Waals surface area contributed by atoms with Crippen LogP contribution in [0.5, 0.6) is 11.5 Å². The van der Waals surface area contributed by atoms with Gasteiger partial charge in [-0.05, 0) is 95.5 Å². The second-order valence-corrected chi connectivity index (χ2v) is 13.8. The summed E-state index contributed by atoms with van der Waals surface area (Å²) in [5.41, 5.74) is 4.23. The standard InChI is InChI=1S/C36H45IN2O7/c1-3-22(15-24-16-29(37)34(43)31(17-24)46-2)9-10-30(42)32-25(20-40)18-27-33(28(32)21-41)36(45)39(35(27)44)26-11-13-38(14-12-26)19-23-7-5-4-6-8-23/h4-8,15-17,26-28,30,33,40-43H,3,9-14,18-21H2,1-2H3/b22-15+/t27-,28+,30-,33-/m1/s1. The number of benzene rings is 2. The molecule has 2 heterocycles. The Morgan fingerprint density at radius 2 is 1.83 bits per heavy atom. The number of fused-ring (bicyclic) bond motifs is 1. The molecule has 3 aliphatic rings. The van der Waals surface area contributed by atoms with E-state index in [9.17, 15) is 30.0 Å². The van der Waals surface area contributed by atoms with E-state index in [4.69, 9.17) is 4.74 Å². The first-order chi connectivity index (χ1) is 22.2. The average Bonchev–Trinajstić information content (AvgIpc) is 3.32. The van der Waals surface area contributed by atoms with Gasteiger partial charge in [0.2, 0.25) is 11.8 Å². The summed E-state index contributed by atoms with van der Waals surface area (Å²) in [5, 5.41) is 42.7. The molecule has 4 N–H and O–H groups in total. The Hall–Kier alpha value is -2.77. The van der Waals surface area contributed by atoms with E-state index in [0.717, 1.165) is 37.2 Å². The number of hydrogen-bond donors (Lipinski definition) is 4. The van der Waals surface area contributed by atoms with Gasteiger partial charge in [-0.3, -0.25) is 19.4 Å². The maximum Gasteiger partial charge on any atom is 0.234 e. The third-order valence-electron chi connectivity index (χ3n) is 9.97. The molecule has 2 fully saturated rings. The first kappa shape index (κ1) is 34.6. The van der Waals surface area contributed by atoms with Gasteiger partial charge in [0.05, 0.1) is 41.8 Å². The minimum absolute atomic E-state index is 0.0925. The fourth-order valence-electron chi connectivity index (χ4n) is 7.56. The number of ether oxygens (including phenoxy) is 1. The van der Waals surface area contributed by atoms with Crippen LogP contribution < -0.4 is 4.74 Å². The van der Waals surface area contributed by atoms with Gasteiger partial charge in [0.15, 0.2) is 11.5 Å². The summed E-state index contributed by atoms with van der Waals surface area (Å²) < 4.78 is 5.96. The van der Waals surface area contributed by atoms with Crippen molar-refractivity contribution < 1.29 is 34.8 Å². The third-order valence-corrected chi connectivity index (χ3v) is 10.8. The molecule has 2 aromatic rings. The average molecular weight is 745 g/mol. The van der Waals surface area contributed by atoms with Crippen molar-refractivity contribution >= 4 is 40.5 Å². The van der Waals surface area contributed by atoms with Crippen LogP contribution >= 0.6 is 22.6 Å². The van der Waals surface area contributed by atoms with Crippen LogP contribution in [0.1, 0.15) is 56.6 Å². The van der Waals surface area contributed by atoms with Crippen LogP contribution in [0.4, 0.5) is 0 Å². The number of carbonyl (C=O) groups is 2. The van der Waals surface area contributed by atoms with Crippen LogP contribution in [0.3, 0.4) is 0 Å². The van der Waals surface area contributed by atoms with Gasteiger partial charge < -0.3 is 25.2 Å². The molecule has 5 rings (SSSR count). The van der Waals surface area contributed by atoms with Crippen LogP contribution in [0.15, 0.2) is 59.2 Å². The molecule has 0 radical (unpaired) electrons. The number of halogens is 1. The van der Waals surface area contributed by atoms with Crippen LogP contribution in [-0.2, 0) is 16.1 Å². The number of aromatic hydroxyl groups is 1. The van der Waals surface area contributed by atoms with Crippen molar-refractivity contribution in [3.05, 3.63) is 73.9 Å². The summed E-state index contributed by atoms with van der Waals surface area (Å²) >= 11 is 2.06. The largest absolute Gasteiger partial charge is 0.504 e. The number of amides is 2. The van der Waals surface area contributed by atoms with Crippen molar-refractivity contribution in [2.45, 2.75) is 64.1 Å². The summed E-state index contributed by atoms with van der Waals surface area (Å²) in [6.45, 7) is 3.70. The van der Waals surface area contributed by atoms with Gasteiger partial charge in [-0.25, -0.2) is 0 Å². The van der Waals surface area contributed by atoms with Crippen molar-refractivity contribution in [3.63, 3.8) is 0 Å². The molecule has 0 spiro atoms. The molecule has 2 aliphatic heterocycles. The molecule has 0 saturated carbocycles. The highest BCUT2D eigenvalue weighted by atomic mass is 127. The highest BCUT2D eigenvalue weighted by molar-refractivity contribution is 14.1. The Bertz CT molecular complexity index is 1470. The van der Waals surface area contributed by atoms with Gasteiger partial charge >= 0.3 is 0 Å². The summed E-state index contributed by atoms with van der Waals surface area (Å²) in [6, 6.07) is 13.7. The Labute approximate surface area is 284 Å². The van der Waals surface area contributed by atoms with E-state index in [-0.39, 0.29) is 43.2 Å². The highest BCUT2D eigenvalue weighted by Gasteiger charge is 2.56. The number of rotatable bonds is 12. The van der Waals surface area contributed by atoms with Crippen LogP contribution in [0.2, 0.25) is 0 Å². The number of piperidine rings is 1. The number of aliphatic hydroxyl groups excluding tert-OH is 3. The quantitative estimate of drug-likeness (QED) is 0.142. The van der Waals surface area contributed by atoms with Crippen LogP contribution in [0.25, 0.3) is 6.08 Å². The number of aliphatic hydroxyl groups is 3. The predicted octanol–water partition coefficient (Wildman–Crippen LogP) is 4.51. The third kappa shape index (κ3) is 7.21. The summed E-state index contributed by atoms with van der Waals surface area (Å²) in [5.74, 6) is -2.11. The van der Waals surface area contributed by atoms with Gasteiger partial charge in [0, 0.05) is 31.6 Å². The molecule has 1 aliphatic carbocycles. The first-order valence-electron chi connectivity index (χ1n) is 16.2. The van der Waals surface area contributed by atoms with Gasteiger partial charge in [-0.15, -0.1) is 0 Å². The summed E-state index contributed by atoms with van der Waals surface area (Å²) in [4.78, 5) is 31.5. The van der Waals surface area contributed by atoms with E-state index in [2.05, 4.69) is 39.6 Å². The van der Waals surface area contributed by atoms with Crippen molar-refractivity contribution in [1.29, 1.82) is 0 Å². The molecular formula is C36H45IN2O7. The van der Waals surface area contributed by atoms with E-state index in [1.807, 2.05) is 37.3 Å². The van der Waals surface area contributed by atoms with E-state index >= 15 is 0 Å². The van der Waals surface area contributed by atoms with Crippen molar-refractivity contribution in [1.82, 2.24) is 9.80 Å². The number of allylic oxidation sites excluding steroid dienone is 1. The molecule has 10 heteroatoms. The molecule has 0 bridgehead atoms. The second-order valence-electron chi connectivity index (χ2n) is 12.6. The number of imide groups is 1. The number of phenols is 1. The van der Waals surface area contributed by atoms with Gasteiger partial charge in [-0.2, -0.15) is 0 Å². The van der Waals surface area contributed by atoms with E-state index in [0.29, 0.717) is 46.1 Å². The SMILES string of the molecule is CC/C(=C\c1cc(I)c(O)c(OC)c1)CC[C@@H](O)C1=C(CO)C[C@H]2C(=O)N(C3CCN(Cc4ccccc4)CC3)C(=O)[C@H]2[C@H]1CO. The van der Waals surface area contributed by atoms with Crippen molar-refractivity contribution in [3.8, 4) is 11.5 Å². The zero-order valence-electron chi connectivity index (χ0n) is 26.6. The van der Waals surface area contributed by atoms with Gasteiger partial charge in [0.25, 0.3) is 0 Å². The van der Waals surface area contributed by atoms with Crippen molar-refractivity contribution in [2.24, 2.45) is 17.8 Å². The fraction of sp³-hybridized carbons (Fsp3) is 0.500. The number of likely N-dealkylation sites (tertiary alicyclic amines) is 2. The topological polar surface area (TPSA) is 131 Å². The number of hydrogen-bond acceptors (Lipinski definition) is 8. The molecule has 2 saturated heterocycles. The lowest BCUT2D eigenvalue weighted by atomic mass is 9.68. The second kappa shape index (κ2) is 15.4. The van der Waals surface area contributed by atoms with E-state index in [1.165, 1.54) is 17.6 Å². The molecular weight excluding hydrogens is 699 g/mol. The zero-order chi connectivity index (χ0) is 33.0. The Morgan fingerprint density at radius 1 is 1.11 bits per heavy atom. The summed E-state index contributed by atoms with van der Waals surface area (Å²) in [6.07, 6.45) is 4.25. The lowest BCUT2D eigenvalue weighted by molar-refractivity contribution is -0.144. The maximum atomic E-state index is 13.9. The normalized spacial score (nSPS) is 23.7. The predicted molar refractivity (Wildman–Crippen MR) is 184 cm³/mol. The lowest BCUT2D eigenvalue weighted by Gasteiger charge is -2.36. The molecule has 2 aromatic carbocycles. The zero-order valence-corrected chi connectivity index (χ0v) is 28.7. The van der Waals surface area contributed by atoms with E-state index in [1.54, 1.807) is 6.07 Å². The number of carbonyl (C=O) groups excluding carboxylic acids is 2. The minimum atomic E-state index is -0.983. The Balaban J connectivity index is 1.28. The van der Waals surface area contributed by atoms with Crippen molar-refractivity contribution in [2.75, 3.05) is 33.4 Å². The van der Waals surface area contributed by atoms with E-state index < -0.39 is 23.9 Å². The maximum absolute atomic E-state index is 13.9. The molecule has 2 amide bonds. The molecule has 248 valence electrons. The Morgan fingerprint density at radius 3 is 2.46 bits per heavy atom. The number of phenolic OH excluding ortho intramolecular Hbond substituents is 1. The highest BCUT2D eigenvalue weighted by Crippen LogP contribution is 2.47. The fourth-order valence-corrected chi connectivity index (χ4v) is 8.19.